The smallest absolute Gasteiger partial charge is 0.310 e. The van der Waals surface area contributed by atoms with Gasteiger partial charge in [-0.25, -0.2) is 0 Å². The fourth-order valence-electron chi connectivity index (χ4n) is 5.11. The number of ether oxygens (including phenoxy) is 1. The summed E-state index contributed by atoms with van der Waals surface area (Å²) in [6, 6.07) is 11.7. The van der Waals surface area contributed by atoms with E-state index in [1.165, 1.54) is 5.56 Å². The minimum atomic E-state index is -0.595. The Labute approximate surface area is 170 Å². The molecule has 3 aliphatic rings. The van der Waals surface area contributed by atoms with Gasteiger partial charge in [0.1, 0.15) is 6.61 Å². The maximum absolute atomic E-state index is 12.3. The van der Waals surface area contributed by atoms with Crippen LogP contribution in [0.5, 0.6) is 0 Å². The minimum absolute atomic E-state index is 0.0232. The van der Waals surface area contributed by atoms with E-state index in [0.29, 0.717) is 5.92 Å². The van der Waals surface area contributed by atoms with Crippen molar-refractivity contribution >= 4 is 45.1 Å². The second-order valence-electron chi connectivity index (χ2n) is 7.48. The third-order valence-electron chi connectivity index (χ3n) is 6.28. The fourth-order valence-corrected chi connectivity index (χ4v) is 6.94. The lowest BCUT2D eigenvalue weighted by atomic mass is 9.60. The molecule has 0 N–H and O–H groups in total. The molecule has 2 fully saturated rings. The summed E-state index contributed by atoms with van der Waals surface area (Å²) < 4.78 is 6.52. The van der Waals surface area contributed by atoms with Gasteiger partial charge in [0.15, 0.2) is 0 Å². The number of benzene rings is 1. The summed E-state index contributed by atoms with van der Waals surface area (Å²) in [5, 5.41) is -0.0232. The molecule has 3 nitrogen and oxygen atoms in total. The third kappa shape index (κ3) is 2.12. The van der Waals surface area contributed by atoms with Crippen molar-refractivity contribution in [2.45, 2.75) is 34.9 Å². The zero-order valence-electron chi connectivity index (χ0n) is 13.8. The van der Waals surface area contributed by atoms with E-state index in [1.807, 2.05) is 36.5 Å². The Morgan fingerprint density at radius 2 is 2.19 bits per heavy atom. The first-order valence-electron chi connectivity index (χ1n) is 8.65. The van der Waals surface area contributed by atoms with Gasteiger partial charge in [0.2, 0.25) is 0 Å². The normalized spacial score (nSPS) is 35.7. The number of halogens is 3. The van der Waals surface area contributed by atoms with Crippen LogP contribution in [0, 0.1) is 5.41 Å². The molecule has 26 heavy (non-hydrogen) atoms. The number of hydrogen-bond donors (Lipinski definition) is 0. The molecule has 134 valence electrons. The van der Waals surface area contributed by atoms with Gasteiger partial charge < -0.3 is 4.74 Å². The van der Waals surface area contributed by atoms with Crippen LogP contribution in [0.15, 0.2) is 47.1 Å². The molecule has 2 saturated carbocycles. The van der Waals surface area contributed by atoms with E-state index in [-0.39, 0.29) is 35.7 Å². The maximum Gasteiger partial charge on any atom is 0.310 e. The molecule has 1 aromatic heterocycles. The van der Waals surface area contributed by atoms with Crippen LogP contribution in [0.4, 0.5) is 0 Å². The minimum Gasteiger partial charge on any atom is -0.464 e. The summed E-state index contributed by atoms with van der Waals surface area (Å²) in [5.74, 6) is 0.250. The van der Waals surface area contributed by atoms with Crippen molar-refractivity contribution < 1.29 is 9.53 Å². The van der Waals surface area contributed by atoms with Crippen molar-refractivity contribution in [3.8, 4) is 0 Å². The van der Waals surface area contributed by atoms with Crippen molar-refractivity contribution in [2.75, 3.05) is 6.61 Å². The van der Waals surface area contributed by atoms with Crippen LogP contribution < -0.4 is 0 Å². The molecular weight excluding hydrogens is 437 g/mol. The quantitative estimate of drug-likeness (QED) is 0.494. The number of fused-ring (bicyclic) bond motifs is 3. The Morgan fingerprint density at radius 3 is 3.00 bits per heavy atom. The summed E-state index contributed by atoms with van der Waals surface area (Å²) in [7, 11) is 0. The zero-order valence-corrected chi connectivity index (χ0v) is 16.9. The number of alkyl halides is 2. The first-order valence-corrected chi connectivity index (χ1v) is 10.3. The number of aromatic nitrogens is 1. The monoisotopic (exact) mass is 451 g/mol. The van der Waals surface area contributed by atoms with E-state index in [4.69, 9.17) is 27.9 Å². The predicted molar refractivity (Wildman–Crippen MR) is 104 cm³/mol. The molecule has 0 unspecified atom stereocenters. The van der Waals surface area contributed by atoms with Crippen LogP contribution in [0.3, 0.4) is 0 Å². The molecule has 0 bridgehead atoms. The summed E-state index contributed by atoms with van der Waals surface area (Å²) >= 11 is 17.0. The van der Waals surface area contributed by atoms with E-state index in [2.05, 4.69) is 27.0 Å². The van der Waals surface area contributed by atoms with E-state index in [1.54, 1.807) is 0 Å². The van der Waals surface area contributed by atoms with Gasteiger partial charge in [0, 0.05) is 27.7 Å². The lowest BCUT2D eigenvalue weighted by Crippen LogP contribution is -2.54. The molecule has 6 heteroatoms. The van der Waals surface area contributed by atoms with Crippen molar-refractivity contribution in [1.82, 2.24) is 4.98 Å². The molecule has 1 heterocycles. The molecular formula is C20H16BrCl2NO2. The van der Waals surface area contributed by atoms with Crippen molar-refractivity contribution in [3.05, 3.63) is 63.9 Å². The van der Waals surface area contributed by atoms with Gasteiger partial charge in [-0.05, 0) is 41.7 Å². The number of carbonyl (C=O) groups excluding carboxylic acids is 1. The molecule has 0 saturated heterocycles. The first kappa shape index (κ1) is 17.0. The third-order valence-corrected chi connectivity index (χ3v) is 7.97. The molecule has 0 radical (unpaired) electrons. The number of nitrogens with zero attached hydrogens (tertiary/aromatic N) is 1. The molecule has 3 aliphatic carbocycles. The second-order valence-corrected chi connectivity index (χ2v) is 9.59. The van der Waals surface area contributed by atoms with E-state index < -0.39 is 4.87 Å². The molecule has 5 atom stereocenters. The topological polar surface area (TPSA) is 39.2 Å². The van der Waals surface area contributed by atoms with Gasteiger partial charge >= 0.3 is 5.97 Å². The molecule has 1 spiro atoms. The maximum atomic E-state index is 12.3. The average molecular weight is 453 g/mol. The highest BCUT2D eigenvalue weighted by Crippen LogP contribution is 2.87. The summed E-state index contributed by atoms with van der Waals surface area (Å²) in [6.07, 6.45) is 2.82. The van der Waals surface area contributed by atoms with Crippen molar-refractivity contribution in [3.63, 3.8) is 0 Å². The van der Waals surface area contributed by atoms with Crippen molar-refractivity contribution in [1.29, 1.82) is 0 Å². The molecule has 0 amide bonds. The standard InChI is InChI=1S/C20H16BrCl2NO2/c21-12-4-1-3-11(7-12)8-15(25)26-10-19(23)9-14-13-5-2-6-24-17(13)16-18(22)20(14,16)19/h1-7,14,16,18H,8-10H2/t14-,16+,18-,19-,20-/m1/s1. The Balaban J connectivity index is 1.29. The van der Waals surface area contributed by atoms with E-state index in [0.717, 1.165) is 22.2 Å². The molecule has 1 aromatic carbocycles. The second kappa shape index (κ2) is 5.70. The van der Waals surface area contributed by atoms with Gasteiger partial charge in [-0.2, -0.15) is 0 Å². The predicted octanol–water partition coefficient (Wildman–Crippen LogP) is 4.80. The molecule has 0 aliphatic heterocycles. The van der Waals surface area contributed by atoms with Gasteiger partial charge in [0.25, 0.3) is 0 Å². The fraction of sp³-hybridized carbons (Fsp3) is 0.400. The van der Waals surface area contributed by atoms with Gasteiger partial charge in [-0.15, -0.1) is 23.2 Å². The van der Waals surface area contributed by atoms with Crippen LogP contribution in [-0.2, 0) is 16.0 Å². The Morgan fingerprint density at radius 1 is 1.35 bits per heavy atom. The lowest BCUT2D eigenvalue weighted by molar-refractivity contribution is -0.146. The SMILES string of the molecule is O=C(Cc1cccc(Br)c1)OC[C@]1(Cl)C[C@@H]2c3cccnc3[C@H]3[C@@H](Cl)[C@@]231. The number of rotatable bonds is 4. The van der Waals surface area contributed by atoms with Gasteiger partial charge in [-0.1, -0.05) is 34.1 Å². The molecule has 2 aromatic rings. The highest BCUT2D eigenvalue weighted by atomic mass is 79.9. The van der Waals surface area contributed by atoms with Crippen LogP contribution in [-0.4, -0.2) is 27.8 Å². The van der Waals surface area contributed by atoms with Crippen LogP contribution in [0.1, 0.15) is 35.1 Å². The zero-order chi connectivity index (χ0) is 18.1. The number of carbonyl (C=O) groups is 1. The number of pyridine rings is 1. The van der Waals surface area contributed by atoms with E-state index in [9.17, 15) is 4.79 Å². The number of hydrogen-bond acceptors (Lipinski definition) is 3. The lowest BCUT2D eigenvalue weighted by Gasteiger charge is -2.51. The molecule has 5 rings (SSSR count). The first-order chi connectivity index (χ1) is 12.5. The summed E-state index contributed by atoms with van der Waals surface area (Å²) in [4.78, 5) is 16.2. The Kier molecular flexibility index (Phi) is 3.73. The van der Waals surface area contributed by atoms with Crippen LogP contribution in [0.25, 0.3) is 0 Å². The van der Waals surface area contributed by atoms with Gasteiger partial charge in [0.05, 0.1) is 16.7 Å². The van der Waals surface area contributed by atoms with Crippen LogP contribution in [0.2, 0.25) is 0 Å². The Bertz CT molecular complexity index is 918. The average Bonchev–Trinajstić information content (AvgIpc) is 3.18. The Hall–Kier alpha value is -1.10. The van der Waals surface area contributed by atoms with Crippen molar-refractivity contribution in [2.24, 2.45) is 5.41 Å². The highest BCUT2D eigenvalue weighted by molar-refractivity contribution is 9.10. The van der Waals surface area contributed by atoms with Gasteiger partial charge in [-0.3, -0.25) is 9.78 Å². The summed E-state index contributed by atoms with van der Waals surface area (Å²) in [5.41, 5.74) is 3.06. The van der Waals surface area contributed by atoms with E-state index >= 15 is 0 Å². The summed E-state index contributed by atoms with van der Waals surface area (Å²) in [6.45, 7) is 0.200. The highest BCUT2D eigenvalue weighted by Gasteiger charge is 2.87. The largest absolute Gasteiger partial charge is 0.464 e. The number of esters is 1. The van der Waals surface area contributed by atoms with Crippen LogP contribution >= 0.6 is 39.1 Å².